The van der Waals surface area contributed by atoms with Gasteiger partial charge in [0.2, 0.25) is 0 Å². The minimum Gasteiger partial charge on any atom is -0.445 e. The van der Waals surface area contributed by atoms with Crippen molar-refractivity contribution in [2.24, 2.45) is 5.41 Å². The van der Waals surface area contributed by atoms with E-state index in [9.17, 15) is 9.59 Å². The number of hydrogen-bond donors (Lipinski definition) is 0. The lowest BCUT2D eigenvalue weighted by molar-refractivity contribution is -0.147. The predicted molar refractivity (Wildman–Crippen MR) is 76.0 cm³/mol. The van der Waals surface area contributed by atoms with E-state index >= 15 is 0 Å². The van der Waals surface area contributed by atoms with Crippen LogP contribution in [0.4, 0.5) is 4.79 Å². The molecule has 0 radical (unpaired) electrons. The molecule has 5 heteroatoms. The Morgan fingerprint density at radius 1 is 1.50 bits per heavy atom. The molecule has 1 fully saturated rings. The number of carbonyl (C=O) groups excluding carboxylic acids is 2. The number of amides is 1. The minimum absolute atomic E-state index is 0.126. The van der Waals surface area contributed by atoms with Crippen molar-refractivity contribution in [1.82, 2.24) is 4.90 Å². The summed E-state index contributed by atoms with van der Waals surface area (Å²) in [6.07, 6.45) is 2.82. The van der Waals surface area contributed by atoms with E-state index in [0.29, 0.717) is 6.42 Å². The predicted octanol–water partition coefficient (Wildman–Crippen LogP) is 3.10. The molecule has 0 spiro atoms. The first-order valence-corrected chi connectivity index (χ1v) is 7.09. The number of unbranched alkanes of at least 4 members (excludes halogenated alkanes) is 1. The monoisotopic (exact) mass is 283 g/mol. The van der Waals surface area contributed by atoms with Crippen LogP contribution >= 0.6 is 0 Å². The molecular weight excluding hydrogens is 258 g/mol. The summed E-state index contributed by atoms with van der Waals surface area (Å²) in [6, 6.07) is -0.545. The molecule has 0 saturated carbocycles. The van der Waals surface area contributed by atoms with Gasteiger partial charge in [-0.05, 0) is 6.42 Å². The zero-order valence-corrected chi connectivity index (χ0v) is 12.8. The Balaban J connectivity index is 2.94. The van der Waals surface area contributed by atoms with Gasteiger partial charge in [0.15, 0.2) is 6.23 Å². The van der Waals surface area contributed by atoms with Crippen LogP contribution in [-0.4, -0.2) is 35.8 Å². The molecule has 0 aromatic rings. The molecule has 20 heavy (non-hydrogen) atoms. The van der Waals surface area contributed by atoms with E-state index in [4.69, 9.17) is 9.47 Å². The molecule has 1 aliphatic rings. The van der Waals surface area contributed by atoms with E-state index in [2.05, 4.69) is 6.58 Å². The van der Waals surface area contributed by atoms with Crippen molar-refractivity contribution in [3.05, 3.63) is 12.7 Å². The number of nitrogens with zero attached hydrogens (tertiary/aromatic N) is 1. The van der Waals surface area contributed by atoms with Crippen molar-refractivity contribution in [1.29, 1.82) is 0 Å². The minimum atomic E-state index is -0.589. The van der Waals surface area contributed by atoms with Crippen LogP contribution in [0, 0.1) is 5.41 Å². The molecule has 0 N–H and O–H groups in total. The van der Waals surface area contributed by atoms with Crippen LogP contribution in [0.2, 0.25) is 0 Å². The topological polar surface area (TPSA) is 55.8 Å². The third-order valence-electron chi connectivity index (χ3n) is 3.20. The highest BCUT2D eigenvalue weighted by Crippen LogP contribution is 2.34. The number of esters is 1. The van der Waals surface area contributed by atoms with Crippen LogP contribution < -0.4 is 0 Å². The lowest BCUT2D eigenvalue weighted by atomic mass is 9.93. The lowest BCUT2D eigenvalue weighted by Crippen LogP contribution is -2.48. The first-order valence-electron chi connectivity index (χ1n) is 7.09. The maximum atomic E-state index is 12.2. The Bertz CT molecular complexity index is 373. The highest BCUT2D eigenvalue weighted by atomic mass is 16.6. The largest absolute Gasteiger partial charge is 0.445 e. The molecule has 1 aliphatic heterocycles. The van der Waals surface area contributed by atoms with Gasteiger partial charge in [0.05, 0.1) is 0 Å². The van der Waals surface area contributed by atoms with Gasteiger partial charge in [-0.2, -0.15) is 0 Å². The van der Waals surface area contributed by atoms with Crippen molar-refractivity contribution in [3.63, 3.8) is 0 Å². The van der Waals surface area contributed by atoms with Crippen LogP contribution in [0.15, 0.2) is 12.7 Å². The molecule has 1 heterocycles. The summed E-state index contributed by atoms with van der Waals surface area (Å²) < 4.78 is 10.5. The highest BCUT2D eigenvalue weighted by molar-refractivity contribution is 5.84. The molecule has 1 amide bonds. The normalized spacial score (nSPS) is 22.6. The van der Waals surface area contributed by atoms with Gasteiger partial charge in [-0.25, -0.2) is 9.59 Å². The number of ether oxygens (including phenoxy) is 2. The first kappa shape index (κ1) is 16.5. The third kappa shape index (κ3) is 3.74. The van der Waals surface area contributed by atoms with Gasteiger partial charge in [0.1, 0.15) is 12.6 Å². The quantitative estimate of drug-likeness (QED) is 0.574. The fourth-order valence-corrected chi connectivity index (χ4v) is 2.20. The summed E-state index contributed by atoms with van der Waals surface area (Å²) in [4.78, 5) is 25.7. The Labute approximate surface area is 120 Å². The number of carbonyl (C=O) groups is 2. The summed E-state index contributed by atoms with van der Waals surface area (Å²) in [6.45, 7) is 11.5. The molecule has 5 nitrogen and oxygen atoms in total. The number of rotatable bonds is 5. The fourth-order valence-electron chi connectivity index (χ4n) is 2.20. The van der Waals surface area contributed by atoms with Crippen LogP contribution in [-0.2, 0) is 14.3 Å². The second-order valence-electron chi connectivity index (χ2n) is 6.09. The third-order valence-corrected chi connectivity index (χ3v) is 3.20. The molecule has 0 aliphatic carbocycles. The van der Waals surface area contributed by atoms with Crippen molar-refractivity contribution < 1.29 is 19.1 Å². The molecule has 0 unspecified atom stereocenters. The van der Waals surface area contributed by atoms with Crippen molar-refractivity contribution in [2.45, 2.75) is 59.2 Å². The standard InChI is InChI=1S/C15H25NO4/c1-6-8-9-11-12(17)20-13(15(3,4)5)16(11)14(18)19-10-7-2/h7,11,13H,2,6,8-10H2,1,3-5H3/t11-,13-/m0/s1. The average Bonchev–Trinajstić information content (AvgIpc) is 2.70. The molecule has 114 valence electrons. The Hall–Kier alpha value is -1.52. The van der Waals surface area contributed by atoms with E-state index in [1.165, 1.54) is 11.0 Å². The smallest absolute Gasteiger partial charge is 0.413 e. The van der Waals surface area contributed by atoms with Crippen molar-refractivity contribution in [3.8, 4) is 0 Å². The van der Waals surface area contributed by atoms with E-state index < -0.39 is 18.4 Å². The van der Waals surface area contributed by atoms with Crippen molar-refractivity contribution in [2.75, 3.05) is 6.61 Å². The van der Waals surface area contributed by atoms with Gasteiger partial charge in [0.25, 0.3) is 0 Å². The molecule has 1 saturated heterocycles. The van der Waals surface area contributed by atoms with Crippen molar-refractivity contribution >= 4 is 12.1 Å². The van der Waals surface area contributed by atoms with Gasteiger partial charge in [-0.1, -0.05) is 53.2 Å². The number of hydrogen-bond acceptors (Lipinski definition) is 4. The molecule has 0 aromatic heterocycles. The SMILES string of the molecule is C=CCOC(=O)N1[C@H](C(C)(C)C)OC(=O)[C@@H]1CCCC. The van der Waals surface area contributed by atoms with Gasteiger partial charge >= 0.3 is 12.1 Å². The highest BCUT2D eigenvalue weighted by Gasteiger charge is 2.50. The number of cyclic esters (lactones) is 1. The zero-order valence-electron chi connectivity index (χ0n) is 12.8. The summed E-state index contributed by atoms with van der Waals surface area (Å²) >= 11 is 0. The van der Waals surface area contributed by atoms with Crippen LogP contribution in [0.1, 0.15) is 47.0 Å². The maximum Gasteiger partial charge on any atom is 0.413 e. The van der Waals surface area contributed by atoms with Crippen LogP contribution in [0.5, 0.6) is 0 Å². The average molecular weight is 283 g/mol. The van der Waals surface area contributed by atoms with Gasteiger partial charge in [-0.15, -0.1) is 0 Å². The summed E-state index contributed by atoms with van der Waals surface area (Å²) in [7, 11) is 0. The first-order chi connectivity index (χ1) is 9.32. The maximum absolute atomic E-state index is 12.2. The van der Waals surface area contributed by atoms with Gasteiger partial charge in [0, 0.05) is 5.41 Å². The van der Waals surface area contributed by atoms with Crippen LogP contribution in [0.25, 0.3) is 0 Å². The molecule has 1 rings (SSSR count). The zero-order chi connectivity index (χ0) is 15.3. The molecular formula is C15H25NO4. The Kier molecular flexibility index (Phi) is 5.60. The van der Waals surface area contributed by atoms with Crippen LogP contribution in [0.3, 0.4) is 0 Å². The van der Waals surface area contributed by atoms with E-state index in [1.54, 1.807) is 0 Å². The summed E-state index contributed by atoms with van der Waals surface area (Å²) in [5.41, 5.74) is -0.357. The lowest BCUT2D eigenvalue weighted by Gasteiger charge is -2.33. The Morgan fingerprint density at radius 2 is 2.15 bits per heavy atom. The summed E-state index contributed by atoms with van der Waals surface area (Å²) in [5, 5.41) is 0. The molecule has 0 aromatic carbocycles. The summed E-state index contributed by atoms with van der Waals surface area (Å²) in [5.74, 6) is -0.339. The fraction of sp³-hybridized carbons (Fsp3) is 0.733. The van der Waals surface area contributed by atoms with E-state index in [1.807, 2.05) is 27.7 Å². The van der Waals surface area contributed by atoms with Gasteiger partial charge < -0.3 is 9.47 Å². The second-order valence-corrected chi connectivity index (χ2v) is 6.09. The van der Waals surface area contributed by atoms with E-state index in [0.717, 1.165) is 12.8 Å². The van der Waals surface area contributed by atoms with Gasteiger partial charge in [-0.3, -0.25) is 4.90 Å². The Morgan fingerprint density at radius 3 is 2.65 bits per heavy atom. The molecule has 2 atom stereocenters. The molecule has 0 bridgehead atoms. The second kappa shape index (κ2) is 6.77. The van der Waals surface area contributed by atoms with E-state index in [-0.39, 0.29) is 18.0 Å².